The second-order valence-corrected chi connectivity index (χ2v) is 11.1. The molecule has 6 nitrogen and oxygen atoms in total. The highest BCUT2D eigenvalue weighted by Gasteiger charge is 2.53. The number of hydrogen-bond acceptors (Lipinski definition) is 4. The normalized spacial score (nSPS) is 22.4. The smallest absolute Gasteiger partial charge is 0.243 e. The lowest BCUT2D eigenvalue weighted by Crippen LogP contribution is -2.59. The third-order valence-corrected chi connectivity index (χ3v) is 8.99. The largest absolute Gasteiger partial charge is 0.319 e. The van der Waals surface area contributed by atoms with Crippen LogP contribution in [0.3, 0.4) is 0 Å². The van der Waals surface area contributed by atoms with E-state index in [4.69, 9.17) is 0 Å². The van der Waals surface area contributed by atoms with E-state index in [0.29, 0.717) is 37.4 Å². The molecule has 2 aliphatic rings. The summed E-state index contributed by atoms with van der Waals surface area (Å²) >= 11 is 0. The molecule has 4 rings (SSSR count). The number of hydrogen-bond donors (Lipinski definition) is 1. The Labute approximate surface area is 191 Å². The minimum absolute atomic E-state index is 0.123. The Morgan fingerprint density at radius 2 is 1.69 bits per heavy atom. The predicted molar refractivity (Wildman–Crippen MR) is 125 cm³/mol. The van der Waals surface area contributed by atoms with Gasteiger partial charge in [0.15, 0.2) is 0 Å². The maximum Gasteiger partial charge on any atom is 0.243 e. The van der Waals surface area contributed by atoms with Crippen LogP contribution in [-0.4, -0.2) is 48.3 Å². The quantitative estimate of drug-likeness (QED) is 0.724. The Morgan fingerprint density at radius 3 is 2.28 bits per heavy atom. The molecule has 2 atom stereocenters. The van der Waals surface area contributed by atoms with Gasteiger partial charge in [-0.25, -0.2) is 8.42 Å². The summed E-state index contributed by atoms with van der Waals surface area (Å²) in [6, 6.07) is 16.8. The third-order valence-electron chi connectivity index (χ3n) is 7.08. The van der Waals surface area contributed by atoms with E-state index >= 15 is 0 Å². The number of aryl methyl sites for hydroxylation is 1. The average Bonchev–Trinajstić information content (AvgIpc) is 3.06. The van der Waals surface area contributed by atoms with Crippen molar-refractivity contribution in [1.82, 2.24) is 14.5 Å². The summed E-state index contributed by atoms with van der Waals surface area (Å²) in [5.41, 5.74) is 1.60. The molecule has 2 unspecified atom stereocenters. The molecule has 0 saturated carbocycles. The molecule has 7 heteroatoms. The lowest BCUT2D eigenvalue weighted by molar-refractivity contribution is -0.134. The highest BCUT2D eigenvalue weighted by atomic mass is 32.2. The van der Waals surface area contributed by atoms with Gasteiger partial charge < -0.3 is 4.90 Å². The molecule has 0 radical (unpaired) electrons. The summed E-state index contributed by atoms with van der Waals surface area (Å²) in [7, 11) is -3.55. The maximum absolute atomic E-state index is 13.4. The average molecular weight is 456 g/mol. The molecular formula is C25H33N3O3S. The minimum atomic E-state index is -3.55. The van der Waals surface area contributed by atoms with Gasteiger partial charge in [-0.1, -0.05) is 68.3 Å². The molecule has 2 fully saturated rings. The second kappa shape index (κ2) is 8.96. The minimum Gasteiger partial charge on any atom is -0.319 e. The fraction of sp³-hybridized carbons (Fsp3) is 0.480. The summed E-state index contributed by atoms with van der Waals surface area (Å²) in [5, 5.41) is 3.65. The molecule has 2 aromatic rings. The molecule has 2 aliphatic heterocycles. The van der Waals surface area contributed by atoms with Gasteiger partial charge in [0.1, 0.15) is 0 Å². The van der Waals surface area contributed by atoms with Crippen molar-refractivity contribution in [2.45, 2.75) is 63.2 Å². The summed E-state index contributed by atoms with van der Waals surface area (Å²) in [6.45, 7) is 7.45. The zero-order valence-electron chi connectivity index (χ0n) is 19.1. The first-order chi connectivity index (χ1) is 15.3. The summed E-state index contributed by atoms with van der Waals surface area (Å²) in [4.78, 5) is 15.7. The summed E-state index contributed by atoms with van der Waals surface area (Å²) in [5.74, 6) is 0.340. The van der Waals surface area contributed by atoms with Crippen LogP contribution in [0, 0.1) is 12.8 Å². The van der Waals surface area contributed by atoms with Crippen LogP contribution in [0.5, 0.6) is 0 Å². The Morgan fingerprint density at radius 1 is 1.06 bits per heavy atom. The number of sulfonamides is 1. The Hall–Kier alpha value is -2.22. The first-order valence-electron chi connectivity index (χ1n) is 11.5. The molecule has 0 bridgehead atoms. The Kier molecular flexibility index (Phi) is 6.43. The number of nitrogens with zero attached hydrogens (tertiary/aromatic N) is 2. The van der Waals surface area contributed by atoms with Crippen molar-refractivity contribution in [3.8, 4) is 0 Å². The van der Waals surface area contributed by atoms with E-state index in [-0.39, 0.29) is 17.9 Å². The molecule has 2 aromatic carbocycles. The zero-order chi connectivity index (χ0) is 22.9. The summed E-state index contributed by atoms with van der Waals surface area (Å²) < 4.78 is 27.9. The number of rotatable bonds is 6. The van der Waals surface area contributed by atoms with Crippen molar-refractivity contribution >= 4 is 15.9 Å². The van der Waals surface area contributed by atoms with Gasteiger partial charge >= 0.3 is 0 Å². The number of nitrogens with one attached hydrogen (secondary N) is 1. The van der Waals surface area contributed by atoms with Crippen LogP contribution in [0.2, 0.25) is 0 Å². The first-order valence-corrected chi connectivity index (χ1v) is 12.9. The molecular weight excluding hydrogens is 422 g/mol. The monoisotopic (exact) mass is 455 g/mol. The van der Waals surface area contributed by atoms with Gasteiger partial charge in [-0.3, -0.25) is 10.1 Å². The fourth-order valence-corrected chi connectivity index (χ4v) is 6.24. The topological polar surface area (TPSA) is 69.7 Å². The van der Waals surface area contributed by atoms with E-state index in [1.807, 2.05) is 54.3 Å². The van der Waals surface area contributed by atoms with Crippen LogP contribution in [-0.2, 0) is 21.4 Å². The van der Waals surface area contributed by atoms with Crippen molar-refractivity contribution < 1.29 is 13.2 Å². The molecule has 2 heterocycles. The number of amides is 1. The molecule has 32 heavy (non-hydrogen) atoms. The lowest BCUT2D eigenvalue weighted by Gasteiger charge is -2.44. The molecule has 0 aromatic heterocycles. The van der Waals surface area contributed by atoms with Gasteiger partial charge in [-0.15, -0.1) is 0 Å². The van der Waals surface area contributed by atoms with E-state index < -0.39 is 15.7 Å². The molecule has 1 N–H and O–H groups in total. The Bertz CT molecular complexity index is 1050. The van der Waals surface area contributed by atoms with Gasteiger partial charge in [0, 0.05) is 19.6 Å². The van der Waals surface area contributed by atoms with Crippen LogP contribution in [0.4, 0.5) is 0 Å². The molecule has 1 amide bonds. The van der Waals surface area contributed by atoms with Gasteiger partial charge in [0.25, 0.3) is 0 Å². The van der Waals surface area contributed by atoms with Crippen molar-refractivity contribution in [2.75, 3.05) is 13.1 Å². The number of carbonyl (C=O) groups excluding carboxylic acids is 1. The first kappa shape index (κ1) is 23.0. The van der Waals surface area contributed by atoms with Crippen molar-refractivity contribution in [2.24, 2.45) is 5.92 Å². The van der Waals surface area contributed by atoms with Crippen LogP contribution >= 0.6 is 0 Å². The summed E-state index contributed by atoms with van der Waals surface area (Å²) in [6.07, 6.45) is 2.06. The van der Waals surface area contributed by atoms with Gasteiger partial charge in [0.05, 0.1) is 16.6 Å². The van der Waals surface area contributed by atoms with Crippen LogP contribution in [0.15, 0.2) is 59.5 Å². The third kappa shape index (κ3) is 4.21. The van der Waals surface area contributed by atoms with E-state index in [2.05, 4.69) is 19.2 Å². The van der Waals surface area contributed by atoms with Crippen molar-refractivity contribution in [3.63, 3.8) is 0 Å². The lowest BCUT2D eigenvalue weighted by atomic mass is 9.96. The van der Waals surface area contributed by atoms with Crippen molar-refractivity contribution in [3.05, 3.63) is 65.7 Å². The van der Waals surface area contributed by atoms with Gasteiger partial charge in [-0.05, 0) is 43.4 Å². The SMILES string of the molecule is CCC(C)C1NC2(CCN(S(=O)(=O)c3ccc(C)cc3)CC2)N(Cc2ccccc2)C1=O. The van der Waals surface area contributed by atoms with Crippen LogP contribution < -0.4 is 5.32 Å². The van der Waals surface area contributed by atoms with E-state index in [9.17, 15) is 13.2 Å². The molecule has 1 spiro atoms. The highest BCUT2D eigenvalue weighted by Crippen LogP contribution is 2.37. The predicted octanol–water partition coefficient (Wildman–Crippen LogP) is 3.52. The fourth-order valence-electron chi connectivity index (χ4n) is 4.79. The maximum atomic E-state index is 13.4. The van der Waals surface area contributed by atoms with Gasteiger partial charge in [-0.2, -0.15) is 4.31 Å². The highest BCUT2D eigenvalue weighted by molar-refractivity contribution is 7.89. The van der Waals surface area contributed by atoms with Crippen LogP contribution in [0.1, 0.15) is 44.2 Å². The zero-order valence-corrected chi connectivity index (χ0v) is 19.9. The van der Waals surface area contributed by atoms with Gasteiger partial charge in [0.2, 0.25) is 15.9 Å². The molecule has 172 valence electrons. The molecule has 2 saturated heterocycles. The standard InChI is InChI=1S/C25H33N3O3S/c1-4-20(3)23-24(29)28(18-21-8-6-5-7-9-21)25(26-23)14-16-27(17-15-25)32(30,31)22-12-10-19(2)11-13-22/h5-13,20,23,26H,4,14-18H2,1-3H3. The van der Waals surface area contributed by atoms with E-state index in [1.54, 1.807) is 16.4 Å². The second-order valence-electron chi connectivity index (χ2n) is 9.17. The number of piperidine rings is 1. The van der Waals surface area contributed by atoms with Crippen molar-refractivity contribution in [1.29, 1.82) is 0 Å². The van der Waals surface area contributed by atoms with E-state index in [1.165, 1.54) is 0 Å². The number of carbonyl (C=O) groups is 1. The van der Waals surface area contributed by atoms with E-state index in [0.717, 1.165) is 17.5 Å². The molecule has 0 aliphatic carbocycles. The Balaban J connectivity index is 1.57. The van der Waals surface area contributed by atoms with Crippen LogP contribution in [0.25, 0.3) is 0 Å². The number of benzene rings is 2.